The van der Waals surface area contributed by atoms with E-state index in [9.17, 15) is 9.59 Å². The van der Waals surface area contributed by atoms with Crippen molar-refractivity contribution in [1.29, 1.82) is 0 Å². The fourth-order valence-electron chi connectivity index (χ4n) is 3.29. The molecule has 0 bridgehead atoms. The van der Waals surface area contributed by atoms with Crippen molar-refractivity contribution in [1.82, 2.24) is 0 Å². The van der Waals surface area contributed by atoms with E-state index < -0.39 is 0 Å². The van der Waals surface area contributed by atoms with E-state index in [1.165, 1.54) is 16.2 Å². The number of fused-ring (bicyclic) bond motifs is 1. The van der Waals surface area contributed by atoms with Gasteiger partial charge >= 0.3 is 5.97 Å². The van der Waals surface area contributed by atoms with E-state index in [4.69, 9.17) is 4.74 Å². The first kappa shape index (κ1) is 17.7. The number of anilines is 1. The number of aryl methyl sites for hydroxylation is 2. The molecule has 0 radical (unpaired) electrons. The van der Waals surface area contributed by atoms with Crippen molar-refractivity contribution in [3.8, 4) is 0 Å². The maximum Gasteiger partial charge on any atom is 0.341 e. The molecule has 0 fully saturated rings. The third kappa shape index (κ3) is 3.61. The summed E-state index contributed by atoms with van der Waals surface area (Å²) in [4.78, 5) is 26.3. The lowest BCUT2D eigenvalue weighted by atomic mass is 9.86. The summed E-state index contributed by atoms with van der Waals surface area (Å²) in [5, 5.41) is 3.56. The van der Waals surface area contributed by atoms with Gasteiger partial charge in [0.05, 0.1) is 12.2 Å². The molecule has 3 rings (SSSR count). The molecule has 1 heterocycles. The van der Waals surface area contributed by atoms with Crippen molar-refractivity contribution < 1.29 is 14.3 Å². The minimum absolute atomic E-state index is 0.197. The van der Waals surface area contributed by atoms with E-state index in [1.807, 2.05) is 19.1 Å². The van der Waals surface area contributed by atoms with E-state index in [0.29, 0.717) is 28.7 Å². The number of nitrogens with one attached hydrogen (secondary N) is 1. The number of ether oxygens (including phenoxy) is 1. The lowest BCUT2D eigenvalue weighted by Gasteiger charge is -2.19. The highest BCUT2D eigenvalue weighted by Gasteiger charge is 2.30. The fraction of sp³-hybridized carbons (Fsp3) is 0.400. The summed E-state index contributed by atoms with van der Waals surface area (Å²) in [6.07, 6.45) is 3.13. The monoisotopic (exact) mass is 357 g/mol. The van der Waals surface area contributed by atoms with E-state index in [2.05, 4.69) is 12.2 Å². The van der Waals surface area contributed by atoms with Gasteiger partial charge < -0.3 is 10.1 Å². The SMILES string of the molecule is CCOC(=O)c1c(NC(=O)c2ccc(C)cc2)sc2c1C(C)CCC2. The molecule has 1 amide bonds. The molecular weight excluding hydrogens is 334 g/mol. The Balaban J connectivity index is 1.96. The summed E-state index contributed by atoms with van der Waals surface area (Å²) in [6.45, 7) is 6.24. The van der Waals surface area contributed by atoms with Gasteiger partial charge in [0.15, 0.2) is 0 Å². The van der Waals surface area contributed by atoms with E-state index in [1.54, 1.807) is 19.1 Å². The molecule has 1 aliphatic carbocycles. The van der Waals surface area contributed by atoms with Crippen LogP contribution in [0, 0.1) is 6.92 Å². The summed E-state index contributed by atoms with van der Waals surface area (Å²) >= 11 is 1.51. The Hall–Kier alpha value is -2.14. The van der Waals surface area contributed by atoms with Crippen molar-refractivity contribution in [2.45, 2.75) is 46.0 Å². The lowest BCUT2D eigenvalue weighted by molar-refractivity contribution is 0.0526. The molecule has 5 heteroatoms. The van der Waals surface area contributed by atoms with Gasteiger partial charge in [-0.3, -0.25) is 4.79 Å². The molecule has 0 spiro atoms. The van der Waals surface area contributed by atoms with Crippen LogP contribution >= 0.6 is 11.3 Å². The smallest absolute Gasteiger partial charge is 0.341 e. The van der Waals surface area contributed by atoms with Gasteiger partial charge in [-0.1, -0.05) is 24.6 Å². The van der Waals surface area contributed by atoms with Crippen LogP contribution < -0.4 is 5.32 Å². The summed E-state index contributed by atoms with van der Waals surface area (Å²) in [5.41, 5.74) is 3.30. The molecule has 0 saturated carbocycles. The predicted molar refractivity (Wildman–Crippen MR) is 101 cm³/mol. The van der Waals surface area contributed by atoms with Gasteiger partial charge in [0.2, 0.25) is 0 Å². The summed E-state index contributed by atoms with van der Waals surface area (Å²) < 4.78 is 5.26. The number of hydrogen-bond acceptors (Lipinski definition) is 4. The van der Waals surface area contributed by atoms with Crippen LogP contribution in [0.3, 0.4) is 0 Å². The quantitative estimate of drug-likeness (QED) is 0.790. The molecule has 1 N–H and O–H groups in total. The molecule has 1 aromatic carbocycles. The lowest BCUT2D eigenvalue weighted by Crippen LogP contribution is -2.16. The number of esters is 1. The minimum Gasteiger partial charge on any atom is -0.462 e. The standard InChI is InChI=1S/C20H23NO3S/c1-4-24-20(23)17-16-13(3)6-5-7-15(16)25-19(17)21-18(22)14-10-8-12(2)9-11-14/h8-11,13H,4-7H2,1-3H3,(H,21,22). The first-order chi connectivity index (χ1) is 12.0. The maximum absolute atomic E-state index is 12.6. The number of carbonyl (C=O) groups is 2. The third-order valence-corrected chi connectivity index (χ3v) is 5.76. The Bertz CT molecular complexity index is 792. The number of benzene rings is 1. The van der Waals surface area contributed by atoms with Crippen LogP contribution in [0.1, 0.15) is 69.3 Å². The maximum atomic E-state index is 12.6. The number of carbonyl (C=O) groups excluding carboxylic acids is 2. The molecule has 1 unspecified atom stereocenters. The van der Waals surface area contributed by atoms with E-state index in [-0.39, 0.29) is 11.9 Å². The molecular formula is C20H23NO3S. The topological polar surface area (TPSA) is 55.4 Å². The average molecular weight is 357 g/mol. The number of thiophene rings is 1. The Morgan fingerprint density at radius 1 is 1.28 bits per heavy atom. The molecule has 0 aliphatic heterocycles. The van der Waals surface area contributed by atoms with Crippen LogP contribution in [0.25, 0.3) is 0 Å². The van der Waals surface area contributed by atoms with Gasteiger partial charge in [-0.15, -0.1) is 11.3 Å². The predicted octanol–water partition coefficient (Wildman–Crippen LogP) is 4.93. The normalized spacial score (nSPS) is 16.2. The van der Waals surface area contributed by atoms with Gasteiger partial charge in [0.1, 0.15) is 5.00 Å². The van der Waals surface area contributed by atoms with Crippen LogP contribution in [0.4, 0.5) is 5.00 Å². The van der Waals surface area contributed by atoms with Gasteiger partial charge in [0.25, 0.3) is 5.91 Å². The van der Waals surface area contributed by atoms with Gasteiger partial charge in [0, 0.05) is 10.4 Å². The fourth-order valence-corrected chi connectivity index (χ4v) is 4.63. The first-order valence-corrected chi connectivity index (χ1v) is 9.53. The Morgan fingerprint density at radius 2 is 2.00 bits per heavy atom. The number of amides is 1. The highest BCUT2D eigenvalue weighted by molar-refractivity contribution is 7.17. The minimum atomic E-state index is -0.340. The number of hydrogen-bond donors (Lipinski definition) is 1. The van der Waals surface area contributed by atoms with Crippen molar-refractivity contribution in [2.75, 3.05) is 11.9 Å². The first-order valence-electron chi connectivity index (χ1n) is 8.72. The summed E-state index contributed by atoms with van der Waals surface area (Å²) in [6, 6.07) is 7.40. The van der Waals surface area contributed by atoms with Crippen LogP contribution in [-0.4, -0.2) is 18.5 Å². The second kappa shape index (κ2) is 7.40. The van der Waals surface area contributed by atoms with Crippen LogP contribution in [-0.2, 0) is 11.2 Å². The second-order valence-corrected chi connectivity index (χ2v) is 7.58. The molecule has 2 aromatic rings. The highest BCUT2D eigenvalue weighted by atomic mass is 32.1. The summed E-state index contributed by atoms with van der Waals surface area (Å²) in [5.74, 6) is -0.228. The number of rotatable bonds is 4. The van der Waals surface area contributed by atoms with Crippen molar-refractivity contribution in [2.24, 2.45) is 0 Å². The summed E-state index contributed by atoms with van der Waals surface area (Å²) in [7, 11) is 0. The molecule has 25 heavy (non-hydrogen) atoms. The molecule has 1 atom stereocenters. The highest BCUT2D eigenvalue weighted by Crippen LogP contribution is 2.43. The molecule has 1 aromatic heterocycles. The van der Waals surface area contributed by atoms with Crippen LogP contribution in [0.15, 0.2) is 24.3 Å². The zero-order chi connectivity index (χ0) is 18.0. The zero-order valence-corrected chi connectivity index (χ0v) is 15.7. The van der Waals surface area contributed by atoms with Crippen molar-refractivity contribution in [3.05, 3.63) is 51.4 Å². The van der Waals surface area contributed by atoms with Gasteiger partial charge in [-0.05, 0) is 56.7 Å². The van der Waals surface area contributed by atoms with Gasteiger partial charge in [-0.25, -0.2) is 4.79 Å². The zero-order valence-electron chi connectivity index (χ0n) is 14.8. The molecule has 132 valence electrons. The van der Waals surface area contributed by atoms with E-state index in [0.717, 1.165) is 30.4 Å². The van der Waals surface area contributed by atoms with Gasteiger partial charge in [-0.2, -0.15) is 0 Å². The van der Waals surface area contributed by atoms with E-state index >= 15 is 0 Å². The Morgan fingerprint density at radius 3 is 2.68 bits per heavy atom. The van der Waals surface area contributed by atoms with Crippen molar-refractivity contribution in [3.63, 3.8) is 0 Å². The average Bonchev–Trinajstić information content (AvgIpc) is 2.95. The Kier molecular flexibility index (Phi) is 5.23. The molecule has 1 aliphatic rings. The molecule has 4 nitrogen and oxygen atoms in total. The Labute approximate surface area is 152 Å². The second-order valence-electron chi connectivity index (χ2n) is 6.48. The van der Waals surface area contributed by atoms with Crippen LogP contribution in [0.5, 0.6) is 0 Å². The third-order valence-electron chi connectivity index (χ3n) is 4.58. The van der Waals surface area contributed by atoms with Crippen molar-refractivity contribution >= 4 is 28.2 Å². The van der Waals surface area contributed by atoms with Crippen LogP contribution in [0.2, 0.25) is 0 Å². The largest absolute Gasteiger partial charge is 0.462 e. The molecule has 0 saturated heterocycles.